The Balaban J connectivity index is 2.59. The number of nitrogens with zero attached hydrogens (tertiary/aromatic N) is 1. The van der Waals surface area contributed by atoms with Crippen molar-refractivity contribution in [1.29, 1.82) is 0 Å². The number of phenols is 1. The van der Waals surface area contributed by atoms with Crippen molar-refractivity contribution in [2.24, 2.45) is 5.73 Å². The molecule has 0 saturated carbocycles. The Bertz CT molecular complexity index is 719. The van der Waals surface area contributed by atoms with E-state index < -0.39 is 17.8 Å². The van der Waals surface area contributed by atoms with E-state index in [1.165, 1.54) is 24.3 Å². The third-order valence-electron chi connectivity index (χ3n) is 2.83. The molecule has 0 spiro atoms. The summed E-state index contributed by atoms with van der Waals surface area (Å²) in [4.78, 5) is 12.4. The van der Waals surface area contributed by atoms with Gasteiger partial charge in [0.15, 0.2) is 0 Å². The van der Waals surface area contributed by atoms with E-state index in [-0.39, 0.29) is 22.1 Å². The molecular formula is C14H10ClF3N2O2. The van der Waals surface area contributed by atoms with E-state index in [2.05, 4.69) is 0 Å². The van der Waals surface area contributed by atoms with E-state index in [1.807, 2.05) is 0 Å². The van der Waals surface area contributed by atoms with Gasteiger partial charge in [0, 0.05) is 5.02 Å². The third kappa shape index (κ3) is 3.25. The zero-order chi connectivity index (χ0) is 16.5. The number of phenolic OH excluding ortho intramolecular Hbond substituents is 1. The average Bonchev–Trinajstić information content (AvgIpc) is 2.42. The molecule has 22 heavy (non-hydrogen) atoms. The van der Waals surface area contributed by atoms with Crippen molar-refractivity contribution in [3.8, 4) is 5.75 Å². The lowest BCUT2D eigenvalue weighted by Gasteiger charge is -2.22. The van der Waals surface area contributed by atoms with Gasteiger partial charge < -0.3 is 10.8 Å². The Morgan fingerprint density at radius 1 is 1.18 bits per heavy atom. The van der Waals surface area contributed by atoms with E-state index in [9.17, 15) is 23.1 Å². The van der Waals surface area contributed by atoms with Crippen molar-refractivity contribution in [3.05, 3.63) is 53.1 Å². The second kappa shape index (κ2) is 5.76. The van der Waals surface area contributed by atoms with E-state index in [4.69, 9.17) is 17.3 Å². The Morgan fingerprint density at radius 3 is 2.45 bits per heavy atom. The molecule has 2 amide bonds. The fourth-order valence-corrected chi connectivity index (χ4v) is 2.05. The quantitative estimate of drug-likeness (QED) is 0.863. The SMILES string of the molecule is NC(=O)N(c1cccc(C(F)(F)F)c1)c1cc(Cl)ccc1O. The van der Waals surface area contributed by atoms with Gasteiger partial charge in [0.05, 0.1) is 16.9 Å². The smallest absolute Gasteiger partial charge is 0.416 e. The van der Waals surface area contributed by atoms with Gasteiger partial charge in [0.1, 0.15) is 5.75 Å². The van der Waals surface area contributed by atoms with Crippen molar-refractivity contribution in [1.82, 2.24) is 0 Å². The second-order valence-electron chi connectivity index (χ2n) is 4.35. The first-order valence-electron chi connectivity index (χ1n) is 5.95. The molecular weight excluding hydrogens is 321 g/mol. The first kappa shape index (κ1) is 16.0. The molecule has 0 aliphatic rings. The van der Waals surface area contributed by atoms with Crippen LogP contribution in [-0.2, 0) is 6.18 Å². The molecule has 0 saturated heterocycles. The monoisotopic (exact) mass is 330 g/mol. The number of hydrogen-bond acceptors (Lipinski definition) is 2. The maximum absolute atomic E-state index is 12.8. The van der Waals surface area contributed by atoms with Crippen LogP contribution >= 0.6 is 11.6 Å². The number of hydrogen-bond donors (Lipinski definition) is 2. The molecule has 0 aromatic heterocycles. The molecule has 0 bridgehead atoms. The van der Waals surface area contributed by atoms with Gasteiger partial charge in [-0.3, -0.25) is 4.90 Å². The molecule has 3 N–H and O–H groups in total. The largest absolute Gasteiger partial charge is 0.506 e. The van der Waals surface area contributed by atoms with Crippen molar-refractivity contribution < 1.29 is 23.1 Å². The zero-order valence-corrected chi connectivity index (χ0v) is 11.7. The van der Waals surface area contributed by atoms with Gasteiger partial charge in [0.2, 0.25) is 0 Å². The van der Waals surface area contributed by atoms with Gasteiger partial charge in [-0.05, 0) is 36.4 Å². The molecule has 0 fully saturated rings. The molecule has 0 unspecified atom stereocenters. The Morgan fingerprint density at radius 2 is 1.86 bits per heavy atom. The van der Waals surface area contributed by atoms with Crippen LogP contribution in [0.15, 0.2) is 42.5 Å². The van der Waals surface area contributed by atoms with Gasteiger partial charge in [0.25, 0.3) is 0 Å². The minimum atomic E-state index is -4.57. The van der Waals surface area contributed by atoms with Crippen LogP contribution in [0.4, 0.5) is 29.3 Å². The van der Waals surface area contributed by atoms with E-state index in [1.54, 1.807) is 0 Å². The van der Waals surface area contributed by atoms with Gasteiger partial charge in [-0.1, -0.05) is 17.7 Å². The highest BCUT2D eigenvalue weighted by molar-refractivity contribution is 6.31. The summed E-state index contributed by atoms with van der Waals surface area (Å²) < 4.78 is 38.3. The number of urea groups is 1. The fourth-order valence-electron chi connectivity index (χ4n) is 1.88. The van der Waals surface area contributed by atoms with Crippen LogP contribution in [0.2, 0.25) is 5.02 Å². The molecule has 4 nitrogen and oxygen atoms in total. The summed E-state index contributed by atoms with van der Waals surface area (Å²) in [6, 6.07) is 6.76. The van der Waals surface area contributed by atoms with E-state index >= 15 is 0 Å². The third-order valence-corrected chi connectivity index (χ3v) is 3.07. The van der Waals surface area contributed by atoms with E-state index in [0.29, 0.717) is 0 Å². The molecule has 0 heterocycles. The number of aromatic hydroxyl groups is 1. The van der Waals surface area contributed by atoms with Crippen molar-refractivity contribution in [3.63, 3.8) is 0 Å². The number of amides is 2. The molecule has 8 heteroatoms. The van der Waals surface area contributed by atoms with Crippen molar-refractivity contribution >= 4 is 29.0 Å². The van der Waals surface area contributed by atoms with Crippen LogP contribution < -0.4 is 10.6 Å². The summed E-state index contributed by atoms with van der Waals surface area (Å²) in [7, 11) is 0. The standard InChI is InChI=1S/C14H10ClF3N2O2/c15-9-4-5-12(21)11(7-9)20(13(19)22)10-3-1-2-8(6-10)14(16,17)18/h1-7,21H,(H2,19,22). The molecule has 0 radical (unpaired) electrons. The summed E-state index contributed by atoms with van der Waals surface area (Å²) in [5, 5.41) is 10.0. The van der Waals surface area contributed by atoms with Crippen LogP contribution in [0, 0.1) is 0 Å². The summed E-state index contributed by atoms with van der Waals surface area (Å²) in [5.74, 6) is -0.347. The lowest BCUT2D eigenvalue weighted by atomic mass is 10.1. The number of carbonyl (C=O) groups excluding carboxylic acids is 1. The molecule has 0 atom stereocenters. The maximum Gasteiger partial charge on any atom is 0.416 e. The van der Waals surface area contributed by atoms with Crippen molar-refractivity contribution in [2.75, 3.05) is 4.90 Å². The summed E-state index contributed by atoms with van der Waals surface area (Å²) in [5.41, 5.74) is 4.03. The number of anilines is 2. The highest BCUT2D eigenvalue weighted by atomic mass is 35.5. The number of nitrogens with two attached hydrogens (primary N) is 1. The Kier molecular flexibility index (Phi) is 4.18. The summed E-state index contributed by atoms with van der Waals surface area (Å²) in [6.07, 6.45) is -4.57. The number of rotatable bonds is 2. The maximum atomic E-state index is 12.8. The van der Waals surface area contributed by atoms with Crippen LogP contribution in [0.1, 0.15) is 5.56 Å². The van der Waals surface area contributed by atoms with Gasteiger partial charge in [-0.25, -0.2) is 4.79 Å². The molecule has 0 aliphatic carbocycles. The average molecular weight is 331 g/mol. The number of primary amides is 1. The highest BCUT2D eigenvalue weighted by Gasteiger charge is 2.31. The van der Waals surface area contributed by atoms with Crippen LogP contribution in [0.5, 0.6) is 5.75 Å². The molecule has 2 rings (SSSR count). The van der Waals surface area contributed by atoms with Crippen molar-refractivity contribution in [2.45, 2.75) is 6.18 Å². The predicted octanol–water partition coefficient (Wildman–Crippen LogP) is 4.28. The normalized spacial score (nSPS) is 11.3. The first-order chi connectivity index (χ1) is 10.2. The number of carbonyl (C=O) groups is 1. The molecule has 2 aromatic carbocycles. The van der Waals surface area contributed by atoms with Crippen LogP contribution in [-0.4, -0.2) is 11.1 Å². The second-order valence-corrected chi connectivity index (χ2v) is 4.79. The molecule has 0 aliphatic heterocycles. The molecule has 2 aromatic rings. The lowest BCUT2D eigenvalue weighted by molar-refractivity contribution is -0.137. The summed E-state index contributed by atoms with van der Waals surface area (Å²) in [6.45, 7) is 0. The van der Waals surface area contributed by atoms with Crippen LogP contribution in [0.3, 0.4) is 0 Å². The molecule has 116 valence electrons. The Hall–Kier alpha value is -2.41. The number of halogens is 4. The van der Waals surface area contributed by atoms with E-state index in [0.717, 1.165) is 23.1 Å². The Labute approximate surface area is 128 Å². The first-order valence-corrected chi connectivity index (χ1v) is 6.33. The van der Waals surface area contributed by atoms with Gasteiger partial charge >= 0.3 is 12.2 Å². The van der Waals surface area contributed by atoms with Gasteiger partial charge in [-0.15, -0.1) is 0 Å². The minimum Gasteiger partial charge on any atom is -0.506 e. The lowest BCUT2D eigenvalue weighted by Crippen LogP contribution is -2.31. The van der Waals surface area contributed by atoms with Crippen LogP contribution in [0.25, 0.3) is 0 Å². The highest BCUT2D eigenvalue weighted by Crippen LogP contribution is 2.37. The fraction of sp³-hybridized carbons (Fsp3) is 0.0714. The zero-order valence-electron chi connectivity index (χ0n) is 10.9. The number of benzene rings is 2. The summed E-state index contributed by atoms with van der Waals surface area (Å²) >= 11 is 5.79. The number of alkyl halides is 3. The predicted molar refractivity (Wildman–Crippen MR) is 76.3 cm³/mol. The minimum absolute atomic E-state index is 0.112. The topological polar surface area (TPSA) is 66.6 Å². The van der Waals surface area contributed by atoms with Gasteiger partial charge in [-0.2, -0.15) is 13.2 Å².